The van der Waals surface area contributed by atoms with Gasteiger partial charge < -0.3 is 14.8 Å². The van der Waals surface area contributed by atoms with Gasteiger partial charge in [-0.25, -0.2) is 4.98 Å². The van der Waals surface area contributed by atoms with Gasteiger partial charge in [0.05, 0.1) is 17.4 Å². The van der Waals surface area contributed by atoms with Crippen molar-refractivity contribution in [2.45, 2.75) is 39.2 Å². The van der Waals surface area contributed by atoms with Gasteiger partial charge in [0.25, 0.3) is 11.5 Å². The first-order chi connectivity index (χ1) is 13.3. The quantitative estimate of drug-likeness (QED) is 0.658. The van der Waals surface area contributed by atoms with Crippen LogP contribution in [0.4, 0.5) is 0 Å². The van der Waals surface area contributed by atoms with Crippen molar-refractivity contribution in [3.63, 3.8) is 0 Å². The number of hydrogen-bond donors (Lipinski definition) is 2. The number of benzene rings is 1. The minimum absolute atomic E-state index is 0.137. The fourth-order valence-corrected chi connectivity index (χ4v) is 2.93. The molecule has 0 bridgehead atoms. The minimum atomic E-state index is -0.425. The molecular weight excluding hydrogens is 380 g/mol. The van der Waals surface area contributed by atoms with E-state index < -0.39 is 6.04 Å². The largest absolute Gasteiger partial charge is 0.351 e. The maximum absolute atomic E-state index is 12.7. The molecule has 0 aliphatic rings. The minimum Gasteiger partial charge on any atom is -0.351 e. The van der Waals surface area contributed by atoms with E-state index in [4.69, 9.17) is 16.1 Å². The van der Waals surface area contributed by atoms with E-state index >= 15 is 0 Å². The smallest absolute Gasteiger partial charge is 0.290 e. The van der Waals surface area contributed by atoms with Crippen LogP contribution in [0.5, 0.6) is 0 Å². The van der Waals surface area contributed by atoms with Crippen molar-refractivity contribution in [2.24, 2.45) is 0 Å². The standard InChI is InChI=1S/C20H21ClN4O3/c1-11(2)16-10-18(28-25-16)20(27)24-17(13-4-6-14(21)7-5-13)8-15-9-19(26)23-12(3)22-15/h4-7,9-11,17H,8H2,1-3H3,(H,24,27)(H,22,23,26)/t17-/m0/s1. The van der Waals surface area contributed by atoms with Gasteiger partial charge in [0.2, 0.25) is 5.76 Å². The highest BCUT2D eigenvalue weighted by molar-refractivity contribution is 6.30. The molecule has 1 atom stereocenters. The van der Waals surface area contributed by atoms with Crippen LogP contribution in [0.1, 0.15) is 59.1 Å². The predicted molar refractivity (Wildman–Crippen MR) is 106 cm³/mol. The van der Waals surface area contributed by atoms with Crippen LogP contribution in [0.2, 0.25) is 5.02 Å². The third-order valence-electron chi connectivity index (χ3n) is 4.25. The van der Waals surface area contributed by atoms with Crippen LogP contribution in [0.25, 0.3) is 0 Å². The van der Waals surface area contributed by atoms with Gasteiger partial charge in [-0.3, -0.25) is 9.59 Å². The number of aromatic amines is 1. The Labute approximate surface area is 167 Å². The van der Waals surface area contributed by atoms with Gasteiger partial charge in [-0.1, -0.05) is 42.7 Å². The highest BCUT2D eigenvalue weighted by Gasteiger charge is 2.21. The first-order valence-electron chi connectivity index (χ1n) is 8.91. The zero-order valence-electron chi connectivity index (χ0n) is 15.8. The Morgan fingerprint density at radius 3 is 2.57 bits per heavy atom. The van der Waals surface area contributed by atoms with Crippen molar-refractivity contribution >= 4 is 17.5 Å². The van der Waals surface area contributed by atoms with Crippen LogP contribution in [0.15, 0.2) is 45.7 Å². The molecule has 0 aliphatic carbocycles. The summed E-state index contributed by atoms with van der Waals surface area (Å²) in [4.78, 5) is 31.4. The predicted octanol–water partition coefficient (Wildman–Crippen LogP) is 3.56. The van der Waals surface area contributed by atoms with E-state index in [0.717, 1.165) is 5.56 Å². The molecule has 3 rings (SSSR count). The Kier molecular flexibility index (Phi) is 5.94. The summed E-state index contributed by atoms with van der Waals surface area (Å²) in [6.07, 6.45) is 0.337. The Balaban J connectivity index is 1.87. The molecule has 2 heterocycles. The maximum atomic E-state index is 12.7. The van der Waals surface area contributed by atoms with E-state index in [-0.39, 0.29) is 23.1 Å². The second-order valence-electron chi connectivity index (χ2n) is 6.87. The number of hydrogen-bond acceptors (Lipinski definition) is 5. The second kappa shape index (κ2) is 8.39. The van der Waals surface area contributed by atoms with Crippen LogP contribution in [-0.2, 0) is 6.42 Å². The number of carbonyl (C=O) groups is 1. The van der Waals surface area contributed by atoms with Gasteiger partial charge in [-0.2, -0.15) is 0 Å². The Morgan fingerprint density at radius 1 is 1.25 bits per heavy atom. The molecule has 0 aliphatic heterocycles. The summed E-state index contributed by atoms with van der Waals surface area (Å²) < 4.78 is 5.18. The molecule has 0 spiro atoms. The number of amides is 1. The highest BCUT2D eigenvalue weighted by Crippen LogP contribution is 2.21. The number of halogens is 1. The summed E-state index contributed by atoms with van der Waals surface area (Å²) in [5.74, 6) is 0.416. The molecule has 0 saturated heterocycles. The molecule has 1 aromatic carbocycles. The Bertz CT molecular complexity index is 1020. The molecule has 0 radical (unpaired) electrons. The Morgan fingerprint density at radius 2 is 1.96 bits per heavy atom. The van der Waals surface area contributed by atoms with Gasteiger partial charge in [-0.05, 0) is 30.5 Å². The number of aromatic nitrogens is 3. The van der Waals surface area contributed by atoms with E-state index in [0.29, 0.717) is 28.7 Å². The first-order valence-corrected chi connectivity index (χ1v) is 9.29. The number of aryl methyl sites for hydroxylation is 1. The Hall–Kier alpha value is -2.93. The van der Waals surface area contributed by atoms with Crippen LogP contribution in [0.3, 0.4) is 0 Å². The molecule has 28 heavy (non-hydrogen) atoms. The van der Waals surface area contributed by atoms with E-state index in [1.54, 1.807) is 25.1 Å². The van der Waals surface area contributed by atoms with Crippen molar-refractivity contribution in [1.29, 1.82) is 0 Å². The zero-order valence-corrected chi connectivity index (χ0v) is 16.6. The summed E-state index contributed by atoms with van der Waals surface area (Å²) in [6, 6.07) is 9.78. The van der Waals surface area contributed by atoms with Crippen molar-refractivity contribution in [2.75, 3.05) is 0 Å². The van der Waals surface area contributed by atoms with Crippen molar-refractivity contribution < 1.29 is 9.32 Å². The molecule has 2 aromatic heterocycles. The molecule has 0 unspecified atom stereocenters. The summed E-state index contributed by atoms with van der Waals surface area (Å²) in [5, 5.41) is 7.46. The molecular formula is C20H21ClN4O3. The van der Waals surface area contributed by atoms with Crippen molar-refractivity contribution in [3.05, 3.63) is 80.3 Å². The lowest BCUT2D eigenvalue weighted by molar-refractivity contribution is 0.0899. The summed E-state index contributed by atoms with van der Waals surface area (Å²) in [6.45, 7) is 5.65. The molecule has 0 fully saturated rings. The van der Waals surface area contributed by atoms with E-state index in [9.17, 15) is 9.59 Å². The number of nitrogens with one attached hydrogen (secondary N) is 2. The summed E-state index contributed by atoms with van der Waals surface area (Å²) in [7, 11) is 0. The third kappa shape index (κ3) is 4.86. The second-order valence-corrected chi connectivity index (χ2v) is 7.31. The van der Waals surface area contributed by atoms with E-state index in [2.05, 4.69) is 20.4 Å². The number of carbonyl (C=O) groups excluding carboxylic acids is 1. The number of H-pyrrole nitrogens is 1. The molecule has 8 heteroatoms. The van der Waals surface area contributed by atoms with Crippen LogP contribution < -0.4 is 10.9 Å². The van der Waals surface area contributed by atoms with Gasteiger partial charge in [0.1, 0.15) is 5.82 Å². The maximum Gasteiger partial charge on any atom is 0.290 e. The lowest BCUT2D eigenvalue weighted by Crippen LogP contribution is -2.30. The van der Waals surface area contributed by atoms with Crippen molar-refractivity contribution in [1.82, 2.24) is 20.4 Å². The number of rotatable bonds is 6. The molecule has 3 aromatic rings. The first kappa shape index (κ1) is 19.8. The van der Waals surface area contributed by atoms with Gasteiger partial charge >= 0.3 is 0 Å². The van der Waals surface area contributed by atoms with Crippen LogP contribution in [0, 0.1) is 6.92 Å². The van der Waals surface area contributed by atoms with Crippen LogP contribution >= 0.6 is 11.6 Å². The fourth-order valence-electron chi connectivity index (χ4n) is 2.80. The van der Waals surface area contributed by atoms with Gasteiger partial charge in [0.15, 0.2) is 0 Å². The normalized spacial score (nSPS) is 12.2. The van der Waals surface area contributed by atoms with Gasteiger partial charge in [0, 0.05) is 23.6 Å². The van der Waals surface area contributed by atoms with E-state index in [1.165, 1.54) is 6.07 Å². The highest BCUT2D eigenvalue weighted by atomic mass is 35.5. The van der Waals surface area contributed by atoms with Crippen molar-refractivity contribution in [3.8, 4) is 0 Å². The number of nitrogens with zero attached hydrogens (tertiary/aromatic N) is 2. The zero-order chi connectivity index (χ0) is 20.3. The average molecular weight is 401 g/mol. The summed E-state index contributed by atoms with van der Waals surface area (Å²) >= 11 is 5.98. The lowest BCUT2D eigenvalue weighted by Gasteiger charge is -2.18. The van der Waals surface area contributed by atoms with Crippen LogP contribution in [-0.4, -0.2) is 21.0 Å². The lowest BCUT2D eigenvalue weighted by atomic mass is 10.0. The summed E-state index contributed by atoms with van der Waals surface area (Å²) in [5.41, 5.74) is 1.88. The average Bonchev–Trinajstić information content (AvgIpc) is 3.11. The monoisotopic (exact) mass is 400 g/mol. The fraction of sp³-hybridized carbons (Fsp3) is 0.300. The SMILES string of the molecule is Cc1nc(C[C@H](NC(=O)c2cc(C(C)C)no2)c2ccc(Cl)cc2)cc(=O)[nH]1. The molecule has 0 saturated carbocycles. The third-order valence-corrected chi connectivity index (χ3v) is 4.50. The topological polar surface area (TPSA) is 101 Å². The van der Waals surface area contributed by atoms with Gasteiger partial charge in [-0.15, -0.1) is 0 Å². The molecule has 7 nitrogen and oxygen atoms in total. The molecule has 1 amide bonds. The molecule has 146 valence electrons. The van der Waals surface area contributed by atoms with E-state index in [1.807, 2.05) is 26.0 Å². The molecule has 2 N–H and O–H groups in total.